The number of hydrogen-bond donors (Lipinski definition) is 0. The fraction of sp³-hybridized carbons (Fsp3) is 0.571. The summed E-state index contributed by atoms with van der Waals surface area (Å²) in [5.74, 6) is 0.613. The van der Waals surface area contributed by atoms with Gasteiger partial charge in [0.2, 0.25) is 0 Å². The van der Waals surface area contributed by atoms with Gasteiger partial charge in [-0.3, -0.25) is 0 Å². The van der Waals surface area contributed by atoms with Crippen molar-refractivity contribution in [2.45, 2.75) is 38.8 Å². The summed E-state index contributed by atoms with van der Waals surface area (Å²) in [4.78, 5) is 17.6. The third-order valence-electron chi connectivity index (χ3n) is 2.99. The van der Waals surface area contributed by atoms with Crippen molar-refractivity contribution >= 4 is 33.6 Å². The van der Waals surface area contributed by atoms with Gasteiger partial charge in [-0.2, -0.15) is 0 Å². The van der Waals surface area contributed by atoms with Crippen molar-refractivity contribution in [3.05, 3.63) is 21.9 Å². The molecule has 2 heterocycles. The highest BCUT2D eigenvalue weighted by molar-refractivity contribution is 9.10. The minimum absolute atomic E-state index is 0.0364. The highest BCUT2D eigenvalue weighted by Crippen LogP contribution is 2.26. The van der Waals surface area contributed by atoms with E-state index in [1.54, 1.807) is 17.2 Å². The van der Waals surface area contributed by atoms with Crippen LogP contribution >= 0.6 is 27.5 Å². The van der Waals surface area contributed by atoms with Crippen LogP contribution in [0.25, 0.3) is 0 Å². The first kappa shape index (κ1) is 16.4. The number of likely N-dealkylation sites (tertiary alicyclic amines) is 1. The molecule has 2 rings (SSSR count). The minimum atomic E-state index is -0.483. The van der Waals surface area contributed by atoms with Gasteiger partial charge < -0.3 is 14.4 Å². The van der Waals surface area contributed by atoms with Gasteiger partial charge in [0.25, 0.3) is 0 Å². The monoisotopic (exact) mass is 376 g/mol. The third kappa shape index (κ3) is 4.48. The molecule has 0 radical (unpaired) electrons. The summed E-state index contributed by atoms with van der Waals surface area (Å²) in [6.07, 6.45) is 2.17. The molecule has 0 N–H and O–H groups in total. The number of amides is 1. The molecule has 0 bridgehead atoms. The van der Waals surface area contributed by atoms with Gasteiger partial charge in [0, 0.05) is 6.54 Å². The van der Waals surface area contributed by atoms with Crippen molar-refractivity contribution in [2.24, 2.45) is 0 Å². The Morgan fingerprint density at radius 2 is 2.29 bits per heavy atom. The fourth-order valence-corrected chi connectivity index (χ4v) is 2.28. The first-order valence-corrected chi connectivity index (χ1v) is 7.87. The molecule has 0 aromatic carbocycles. The first-order chi connectivity index (χ1) is 9.76. The van der Waals surface area contributed by atoms with Crippen LogP contribution in [0.15, 0.2) is 16.7 Å². The van der Waals surface area contributed by atoms with Crippen molar-refractivity contribution in [1.82, 2.24) is 9.88 Å². The maximum Gasteiger partial charge on any atom is 0.410 e. The van der Waals surface area contributed by atoms with Crippen molar-refractivity contribution < 1.29 is 14.3 Å². The normalized spacial score (nSPS) is 18.1. The quantitative estimate of drug-likeness (QED) is 0.750. The van der Waals surface area contributed by atoms with E-state index in [1.807, 2.05) is 20.8 Å². The molecule has 116 valence electrons. The van der Waals surface area contributed by atoms with Crippen LogP contribution in [-0.4, -0.2) is 40.8 Å². The molecule has 1 aromatic heterocycles. The number of pyridine rings is 1. The van der Waals surface area contributed by atoms with Crippen LogP contribution in [-0.2, 0) is 4.74 Å². The number of aromatic nitrogens is 1. The molecule has 1 aromatic rings. The molecule has 1 amide bonds. The van der Waals surface area contributed by atoms with Gasteiger partial charge in [0.05, 0.1) is 16.7 Å². The SMILES string of the molecule is CC(C)(C)OC(=O)N1CC[C@@H]1COc1cnc(Cl)c(Br)c1. The molecule has 5 nitrogen and oxygen atoms in total. The van der Waals surface area contributed by atoms with Crippen LogP contribution < -0.4 is 4.74 Å². The Morgan fingerprint density at radius 3 is 2.81 bits per heavy atom. The van der Waals surface area contributed by atoms with Crippen molar-refractivity contribution in [3.8, 4) is 5.75 Å². The van der Waals surface area contributed by atoms with Crippen molar-refractivity contribution in [1.29, 1.82) is 0 Å². The van der Waals surface area contributed by atoms with E-state index in [0.717, 1.165) is 6.42 Å². The summed E-state index contributed by atoms with van der Waals surface area (Å²) in [5.41, 5.74) is -0.483. The van der Waals surface area contributed by atoms with Gasteiger partial charge in [-0.25, -0.2) is 9.78 Å². The lowest BCUT2D eigenvalue weighted by atomic mass is 10.1. The van der Waals surface area contributed by atoms with E-state index in [0.29, 0.717) is 28.5 Å². The zero-order valence-corrected chi connectivity index (χ0v) is 14.6. The Hall–Kier alpha value is -1.01. The molecule has 21 heavy (non-hydrogen) atoms. The van der Waals surface area contributed by atoms with Crippen LogP contribution in [0.4, 0.5) is 4.79 Å². The lowest BCUT2D eigenvalue weighted by molar-refractivity contribution is -0.0141. The lowest BCUT2D eigenvalue weighted by Crippen LogP contribution is -2.55. The average molecular weight is 378 g/mol. The Balaban J connectivity index is 1.86. The smallest absolute Gasteiger partial charge is 0.410 e. The second-order valence-corrected chi connectivity index (χ2v) is 7.08. The third-order valence-corrected chi connectivity index (χ3v) is 4.12. The number of rotatable bonds is 3. The first-order valence-electron chi connectivity index (χ1n) is 6.70. The minimum Gasteiger partial charge on any atom is -0.490 e. The number of ether oxygens (including phenoxy) is 2. The van der Waals surface area contributed by atoms with E-state index < -0.39 is 5.60 Å². The van der Waals surface area contributed by atoms with E-state index in [1.165, 1.54) is 0 Å². The van der Waals surface area contributed by atoms with Gasteiger partial charge in [-0.05, 0) is 49.2 Å². The molecular formula is C14H18BrClN2O3. The molecule has 0 aliphatic carbocycles. The molecule has 1 saturated heterocycles. The van der Waals surface area contributed by atoms with E-state index >= 15 is 0 Å². The summed E-state index contributed by atoms with van der Waals surface area (Å²) in [6.45, 7) is 6.67. The lowest BCUT2D eigenvalue weighted by Gasteiger charge is -2.40. The summed E-state index contributed by atoms with van der Waals surface area (Å²) < 4.78 is 11.7. The van der Waals surface area contributed by atoms with E-state index in [4.69, 9.17) is 21.1 Å². The Bertz CT molecular complexity index is 533. The highest BCUT2D eigenvalue weighted by atomic mass is 79.9. The van der Waals surface area contributed by atoms with E-state index in [-0.39, 0.29) is 12.1 Å². The summed E-state index contributed by atoms with van der Waals surface area (Å²) in [5, 5.41) is 0.390. The van der Waals surface area contributed by atoms with Gasteiger partial charge in [-0.1, -0.05) is 11.6 Å². The number of halogens is 2. The predicted molar refractivity (Wildman–Crippen MR) is 83.8 cm³/mol. The van der Waals surface area contributed by atoms with Gasteiger partial charge in [0.15, 0.2) is 0 Å². The number of hydrogen-bond acceptors (Lipinski definition) is 4. The summed E-state index contributed by atoms with van der Waals surface area (Å²) in [6, 6.07) is 1.79. The van der Waals surface area contributed by atoms with Crippen LogP contribution in [0, 0.1) is 0 Å². The Morgan fingerprint density at radius 1 is 1.57 bits per heavy atom. The summed E-state index contributed by atoms with van der Waals surface area (Å²) >= 11 is 9.12. The number of nitrogens with zero attached hydrogens (tertiary/aromatic N) is 2. The fourth-order valence-electron chi connectivity index (χ4n) is 1.85. The molecule has 1 atom stereocenters. The number of carbonyl (C=O) groups excluding carboxylic acids is 1. The molecular weight excluding hydrogens is 360 g/mol. The van der Waals surface area contributed by atoms with Crippen LogP contribution in [0.2, 0.25) is 5.15 Å². The van der Waals surface area contributed by atoms with Gasteiger partial charge >= 0.3 is 6.09 Å². The van der Waals surface area contributed by atoms with Crippen LogP contribution in [0.5, 0.6) is 5.75 Å². The zero-order valence-electron chi connectivity index (χ0n) is 12.2. The average Bonchev–Trinajstić information content (AvgIpc) is 2.30. The summed E-state index contributed by atoms with van der Waals surface area (Å²) in [7, 11) is 0. The van der Waals surface area contributed by atoms with Gasteiger partial charge in [0.1, 0.15) is 23.1 Å². The molecule has 7 heteroatoms. The van der Waals surface area contributed by atoms with Crippen LogP contribution in [0.3, 0.4) is 0 Å². The molecule has 1 aliphatic rings. The molecule has 0 spiro atoms. The second-order valence-electron chi connectivity index (χ2n) is 5.87. The zero-order chi connectivity index (χ0) is 15.6. The van der Waals surface area contributed by atoms with Gasteiger partial charge in [-0.15, -0.1) is 0 Å². The molecule has 1 aliphatic heterocycles. The largest absolute Gasteiger partial charge is 0.490 e. The maximum atomic E-state index is 12.0. The topological polar surface area (TPSA) is 51.7 Å². The van der Waals surface area contributed by atoms with E-state index in [2.05, 4.69) is 20.9 Å². The van der Waals surface area contributed by atoms with Crippen molar-refractivity contribution in [3.63, 3.8) is 0 Å². The maximum absolute atomic E-state index is 12.0. The Labute approximate surface area is 137 Å². The van der Waals surface area contributed by atoms with Crippen LogP contribution in [0.1, 0.15) is 27.2 Å². The molecule has 0 saturated carbocycles. The Kier molecular flexibility index (Phi) is 4.99. The van der Waals surface area contributed by atoms with E-state index in [9.17, 15) is 4.79 Å². The molecule has 1 fully saturated rings. The predicted octanol–water partition coefficient (Wildman–Crippen LogP) is 3.89. The second kappa shape index (κ2) is 6.40. The molecule has 0 unspecified atom stereocenters. The highest BCUT2D eigenvalue weighted by Gasteiger charge is 2.35. The van der Waals surface area contributed by atoms with Crippen molar-refractivity contribution in [2.75, 3.05) is 13.2 Å². The number of carbonyl (C=O) groups is 1. The standard InChI is InChI=1S/C14H18BrClN2O3/c1-14(2,3)21-13(19)18-5-4-9(18)8-20-10-6-11(15)12(16)17-7-10/h6-7,9H,4-5,8H2,1-3H3/t9-/m1/s1.